The van der Waals surface area contributed by atoms with Crippen LogP contribution in [0.25, 0.3) is 23.1 Å². The molecular formula is C22H21ClF3N3. The van der Waals surface area contributed by atoms with Gasteiger partial charge in [0.05, 0.1) is 16.8 Å². The van der Waals surface area contributed by atoms with Gasteiger partial charge >= 0.3 is 6.18 Å². The van der Waals surface area contributed by atoms with Gasteiger partial charge in [0.25, 0.3) is 0 Å². The maximum absolute atomic E-state index is 12.7. The number of fused-ring (bicyclic) bond motifs is 1. The van der Waals surface area contributed by atoms with Crippen molar-refractivity contribution in [2.45, 2.75) is 6.18 Å². The monoisotopic (exact) mass is 419 g/mol. The number of hydrogen-bond donors (Lipinski definition) is 1. The van der Waals surface area contributed by atoms with E-state index in [0.717, 1.165) is 41.8 Å². The number of anilines is 1. The Morgan fingerprint density at radius 2 is 1.76 bits per heavy atom. The minimum Gasteiger partial charge on any atom is -0.383 e. The van der Waals surface area contributed by atoms with Crippen LogP contribution in [-0.2, 0) is 6.18 Å². The SMILES string of the molecule is CN(C)CCNc1cc(C=Cc2ccc(C(F)(F)F)cc2)nc2ccc(Cl)cc12. The lowest BCUT2D eigenvalue weighted by atomic mass is 10.1. The zero-order valence-electron chi connectivity index (χ0n) is 16.1. The standard InChI is InChI=1S/C22H21ClF3N3/c1-29(2)12-11-27-21-14-18(28-20-10-8-17(23)13-19(20)21)9-5-15-3-6-16(7-4-15)22(24,25)26/h3-10,13-14H,11-12H2,1-2H3,(H,27,28). The first-order chi connectivity index (χ1) is 13.7. The molecule has 0 bridgehead atoms. The summed E-state index contributed by atoms with van der Waals surface area (Å²) < 4.78 is 38.1. The number of pyridine rings is 1. The fourth-order valence-electron chi connectivity index (χ4n) is 2.83. The second-order valence-electron chi connectivity index (χ2n) is 6.94. The zero-order valence-corrected chi connectivity index (χ0v) is 16.8. The Hall–Kier alpha value is -2.57. The van der Waals surface area contributed by atoms with Gasteiger partial charge in [-0.25, -0.2) is 4.98 Å². The van der Waals surface area contributed by atoms with Crippen molar-refractivity contribution < 1.29 is 13.2 Å². The smallest absolute Gasteiger partial charge is 0.383 e. The predicted octanol–water partition coefficient (Wildman–Crippen LogP) is 6.05. The van der Waals surface area contributed by atoms with Crippen LogP contribution in [0.4, 0.5) is 18.9 Å². The summed E-state index contributed by atoms with van der Waals surface area (Å²) in [5, 5.41) is 4.96. The van der Waals surface area contributed by atoms with Crippen molar-refractivity contribution in [1.82, 2.24) is 9.88 Å². The molecule has 0 amide bonds. The molecule has 29 heavy (non-hydrogen) atoms. The second-order valence-corrected chi connectivity index (χ2v) is 7.38. The first kappa shape index (κ1) is 21.1. The van der Waals surface area contributed by atoms with E-state index in [1.165, 1.54) is 12.1 Å². The van der Waals surface area contributed by atoms with Gasteiger partial charge in [-0.15, -0.1) is 0 Å². The topological polar surface area (TPSA) is 28.2 Å². The number of nitrogens with zero attached hydrogens (tertiary/aromatic N) is 2. The number of aromatic nitrogens is 1. The van der Waals surface area contributed by atoms with E-state index in [1.54, 1.807) is 18.2 Å². The number of halogens is 4. The van der Waals surface area contributed by atoms with Crippen LogP contribution in [-0.4, -0.2) is 37.1 Å². The van der Waals surface area contributed by atoms with E-state index in [9.17, 15) is 13.2 Å². The number of alkyl halides is 3. The van der Waals surface area contributed by atoms with E-state index in [0.29, 0.717) is 16.3 Å². The summed E-state index contributed by atoms with van der Waals surface area (Å²) >= 11 is 6.14. The van der Waals surface area contributed by atoms with Gasteiger partial charge in [0.15, 0.2) is 0 Å². The van der Waals surface area contributed by atoms with Crippen molar-refractivity contribution in [3.8, 4) is 0 Å². The average Bonchev–Trinajstić information content (AvgIpc) is 2.66. The summed E-state index contributed by atoms with van der Waals surface area (Å²) in [5.74, 6) is 0. The highest BCUT2D eigenvalue weighted by molar-refractivity contribution is 6.31. The van der Waals surface area contributed by atoms with Crippen LogP contribution in [0.3, 0.4) is 0 Å². The normalized spacial score (nSPS) is 12.2. The van der Waals surface area contributed by atoms with Gasteiger partial charge in [-0.3, -0.25) is 0 Å². The van der Waals surface area contributed by atoms with Crippen LogP contribution >= 0.6 is 11.6 Å². The Labute approximate surface area is 172 Å². The van der Waals surface area contributed by atoms with Crippen LogP contribution < -0.4 is 5.32 Å². The molecule has 3 nitrogen and oxygen atoms in total. The van der Waals surface area contributed by atoms with E-state index < -0.39 is 11.7 Å². The number of rotatable bonds is 6. The van der Waals surface area contributed by atoms with E-state index in [-0.39, 0.29) is 0 Å². The molecule has 0 spiro atoms. The van der Waals surface area contributed by atoms with Gasteiger partial charge in [-0.1, -0.05) is 29.8 Å². The molecule has 0 aliphatic carbocycles. The molecule has 2 aromatic carbocycles. The maximum Gasteiger partial charge on any atom is 0.416 e. The fourth-order valence-corrected chi connectivity index (χ4v) is 3.00. The molecule has 0 aliphatic heterocycles. The lowest BCUT2D eigenvalue weighted by molar-refractivity contribution is -0.137. The quantitative estimate of drug-likeness (QED) is 0.527. The summed E-state index contributed by atoms with van der Waals surface area (Å²) in [7, 11) is 4.00. The second kappa shape index (κ2) is 8.84. The number of likely N-dealkylation sites (N-methyl/N-ethyl adjacent to an activating group) is 1. The van der Waals surface area contributed by atoms with Crippen molar-refractivity contribution in [2.24, 2.45) is 0 Å². The molecule has 3 aromatic rings. The lowest BCUT2D eigenvalue weighted by Gasteiger charge is -2.14. The molecule has 0 saturated carbocycles. The van der Waals surface area contributed by atoms with Crippen molar-refractivity contribution in [1.29, 1.82) is 0 Å². The number of benzene rings is 2. The highest BCUT2D eigenvalue weighted by Crippen LogP contribution is 2.30. The molecule has 1 N–H and O–H groups in total. The summed E-state index contributed by atoms with van der Waals surface area (Å²) in [6, 6.07) is 12.4. The van der Waals surface area contributed by atoms with Crippen LogP contribution in [0, 0.1) is 0 Å². The molecule has 0 aliphatic rings. The van der Waals surface area contributed by atoms with Crippen molar-refractivity contribution in [2.75, 3.05) is 32.5 Å². The molecule has 1 heterocycles. The van der Waals surface area contributed by atoms with E-state index in [1.807, 2.05) is 32.3 Å². The third-order valence-corrected chi connectivity index (χ3v) is 4.58. The first-order valence-corrected chi connectivity index (χ1v) is 9.44. The van der Waals surface area contributed by atoms with Crippen LogP contribution in [0.15, 0.2) is 48.5 Å². The maximum atomic E-state index is 12.7. The van der Waals surface area contributed by atoms with Crippen molar-refractivity contribution in [3.63, 3.8) is 0 Å². The van der Waals surface area contributed by atoms with Gasteiger partial charge < -0.3 is 10.2 Å². The van der Waals surface area contributed by atoms with Crippen LogP contribution in [0.5, 0.6) is 0 Å². The lowest BCUT2D eigenvalue weighted by Crippen LogP contribution is -2.20. The molecule has 0 radical (unpaired) electrons. The average molecular weight is 420 g/mol. The van der Waals surface area contributed by atoms with Gasteiger partial charge in [0.2, 0.25) is 0 Å². The minimum atomic E-state index is -4.34. The molecule has 3 rings (SSSR count). The number of hydrogen-bond acceptors (Lipinski definition) is 3. The Balaban J connectivity index is 1.88. The largest absolute Gasteiger partial charge is 0.416 e. The van der Waals surface area contributed by atoms with Crippen molar-refractivity contribution >= 4 is 40.3 Å². The third-order valence-electron chi connectivity index (χ3n) is 4.35. The Kier molecular flexibility index (Phi) is 6.45. The fraction of sp³-hybridized carbons (Fsp3) is 0.227. The highest BCUT2D eigenvalue weighted by Gasteiger charge is 2.29. The molecule has 0 saturated heterocycles. The Bertz CT molecular complexity index is 1010. The van der Waals surface area contributed by atoms with Gasteiger partial charge in [-0.05, 0) is 62.1 Å². The van der Waals surface area contributed by atoms with E-state index in [4.69, 9.17) is 11.6 Å². The van der Waals surface area contributed by atoms with Crippen molar-refractivity contribution in [3.05, 3.63) is 70.4 Å². The highest BCUT2D eigenvalue weighted by atomic mass is 35.5. The van der Waals surface area contributed by atoms with Crippen LogP contribution in [0.2, 0.25) is 5.02 Å². The summed E-state index contributed by atoms with van der Waals surface area (Å²) in [6.45, 7) is 1.61. The van der Waals surface area contributed by atoms with Gasteiger partial charge in [-0.2, -0.15) is 13.2 Å². The van der Waals surface area contributed by atoms with Crippen LogP contribution in [0.1, 0.15) is 16.8 Å². The molecule has 1 aromatic heterocycles. The minimum absolute atomic E-state index is 0.628. The summed E-state index contributed by atoms with van der Waals surface area (Å²) in [4.78, 5) is 6.69. The first-order valence-electron chi connectivity index (χ1n) is 9.06. The molecule has 7 heteroatoms. The molecule has 152 valence electrons. The summed E-state index contributed by atoms with van der Waals surface area (Å²) in [6.07, 6.45) is -0.807. The molecular weight excluding hydrogens is 399 g/mol. The Morgan fingerprint density at radius 3 is 2.41 bits per heavy atom. The molecule has 0 fully saturated rings. The predicted molar refractivity (Wildman–Crippen MR) is 114 cm³/mol. The Morgan fingerprint density at radius 1 is 1.03 bits per heavy atom. The van der Waals surface area contributed by atoms with Gasteiger partial charge in [0.1, 0.15) is 0 Å². The summed E-state index contributed by atoms with van der Waals surface area (Å²) in [5.41, 5.74) is 2.40. The molecule has 0 atom stereocenters. The van der Waals surface area contributed by atoms with E-state index >= 15 is 0 Å². The van der Waals surface area contributed by atoms with Gasteiger partial charge in [0, 0.05) is 29.2 Å². The molecule has 0 unspecified atom stereocenters. The zero-order chi connectivity index (χ0) is 21.0. The third kappa shape index (κ3) is 5.71. The number of nitrogens with one attached hydrogen (secondary N) is 1. The van der Waals surface area contributed by atoms with E-state index in [2.05, 4.69) is 15.2 Å².